The van der Waals surface area contributed by atoms with E-state index in [-0.39, 0.29) is 5.91 Å². The number of hydrogen-bond donors (Lipinski definition) is 1. The zero-order valence-corrected chi connectivity index (χ0v) is 11.6. The van der Waals surface area contributed by atoms with Gasteiger partial charge in [0.25, 0.3) is 0 Å². The van der Waals surface area contributed by atoms with Crippen LogP contribution in [0, 0.1) is 0 Å². The molecule has 1 unspecified atom stereocenters. The number of benzene rings is 1. The van der Waals surface area contributed by atoms with Crippen molar-refractivity contribution in [2.75, 3.05) is 7.05 Å². The molecule has 1 aromatic carbocycles. The van der Waals surface area contributed by atoms with Gasteiger partial charge in [-0.2, -0.15) is 0 Å². The Morgan fingerprint density at radius 2 is 2.19 bits per heavy atom. The van der Waals surface area contributed by atoms with Crippen LogP contribution in [0.15, 0.2) is 39.6 Å². The number of nitrogens with one attached hydrogen (secondary N) is 1. The molecule has 3 aromatic rings. The fraction of sp³-hybridized carbons (Fsp3) is 0.250. The van der Waals surface area contributed by atoms with Gasteiger partial charge in [0.15, 0.2) is 0 Å². The summed E-state index contributed by atoms with van der Waals surface area (Å²) in [5, 5.41) is 4.40. The summed E-state index contributed by atoms with van der Waals surface area (Å²) in [5.74, 6) is -0.569. The second-order valence-electron chi connectivity index (χ2n) is 4.88. The second kappa shape index (κ2) is 5.44. The predicted molar refractivity (Wildman–Crippen MR) is 78.1 cm³/mol. The molecular weight excluding hydrogens is 270 g/mol. The standard InChI is InChI=1S/C16H15NO4/c1-17-16(19)11(3-2-7-18)12-9-21-13-5-4-10-6-8-20-15(10)14(12)13/h4-9,11H,2-3H2,1H3,(H,17,19). The first-order valence-electron chi connectivity index (χ1n) is 6.78. The number of fused-ring (bicyclic) bond motifs is 3. The highest BCUT2D eigenvalue weighted by Crippen LogP contribution is 2.36. The largest absolute Gasteiger partial charge is 0.464 e. The smallest absolute Gasteiger partial charge is 0.227 e. The molecule has 0 saturated carbocycles. The average molecular weight is 285 g/mol. The Balaban J connectivity index is 2.18. The van der Waals surface area contributed by atoms with Gasteiger partial charge in [0, 0.05) is 24.4 Å². The van der Waals surface area contributed by atoms with Gasteiger partial charge in [-0.05, 0) is 24.6 Å². The minimum atomic E-state index is -0.433. The zero-order chi connectivity index (χ0) is 14.8. The molecule has 1 atom stereocenters. The zero-order valence-electron chi connectivity index (χ0n) is 11.6. The predicted octanol–water partition coefficient (Wildman–Crippen LogP) is 2.99. The topological polar surface area (TPSA) is 72.5 Å². The van der Waals surface area contributed by atoms with Crippen molar-refractivity contribution >= 4 is 34.1 Å². The van der Waals surface area contributed by atoms with Crippen LogP contribution in [0.4, 0.5) is 0 Å². The van der Waals surface area contributed by atoms with E-state index in [0.29, 0.717) is 24.0 Å². The summed E-state index contributed by atoms with van der Waals surface area (Å²) in [5.41, 5.74) is 2.13. The van der Waals surface area contributed by atoms with Crippen molar-refractivity contribution in [3.8, 4) is 0 Å². The Bertz CT molecular complexity index is 799. The molecule has 2 aromatic heterocycles. The molecule has 5 heteroatoms. The van der Waals surface area contributed by atoms with Gasteiger partial charge in [-0.15, -0.1) is 0 Å². The van der Waals surface area contributed by atoms with E-state index in [9.17, 15) is 9.59 Å². The van der Waals surface area contributed by atoms with Crippen LogP contribution in [0.5, 0.6) is 0 Å². The Morgan fingerprint density at radius 3 is 2.95 bits per heavy atom. The van der Waals surface area contributed by atoms with E-state index in [0.717, 1.165) is 22.6 Å². The molecule has 21 heavy (non-hydrogen) atoms. The van der Waals surface area contributed by atoms with Gasteiger partial charge in [-0.1, -0.05) is 0 Å². The first kappa shape index (κ1) is 13.4. The number of hydrogen-bond acceptors (Lipinski definition) is 4. The van der Waals surface area contributed by atoms with Gasteiger partial charge in [0.1, 0.15) is 17.5 Å². The number of carbonyl (C=O) groups excluding carboxylic acids is 2. The molecule has 0 spiro atoms. The number of carbonyl (C=O) groups is 2. The monoisotopic (exact) mass is 285 g/mol. The lowest BCUT2D eigenvalue weighted by Gasteiger charge is -2.12. The fourth-order valence-corrected chi connectivity index (χ4v) is 2.66. The van der Waals surface area contributed by atoms with Crippen molar-refractivity contribution in [1.82, 2.24) is 5.32 Å². The van der Waals surface area contributed by atoms with Crippen molar-refractivity contribution in [2.24, 2.45) is 0 Å². The van der Waals surface area contributed by atoms with E-state index in [1.165, 1.54) is 0 Å². The quantitative estimate of drug-likeness (QED) is 0.731. The van der Waals surface area contributed by atoms with Crippen molar-refractivity contribution in [3.05, 3.63) is 36.3 Å². The first-order valence-corrected chi connectivity index (χ1v) is 6.78. The highest BCUT2D eigenvalue weighted by molar-refractivity contribution is 6.06. The van der Waals surface area contributed by atoms with Crippen LogP contribution in [-0.4, -0.2) is 19.2 Å². The van der Waals surface area contributed by atoms with Crippen molar-refractivity contribution < 1.29 is 18.4 Å². The molecule has 0 aliphatic heterocycles. The van der Waals surface area contributed by atoms with Gasteiger partial charge >= 0.3 is 0 Å². The minimum Gasteiger partial charge on any atom is -0.464 e. The van der Waals surface area contributed by atoms with Crippen LogP contribution < -0.4 is 5.32 Å². The molecule has 0 radical (unpaired) electrons. The van der Waals surface area contributed by atoms with Gasteiger partial charge in [-0.3, -0.25) is 4.79 Å². The van der Waals surface area contributed by atoms with Crippen LogP contribution in [0.25, 0.3) is 21.9 Å². The molecule has 3 rings (SSSR count). The molecule has 108 valence electrons. The lowest BCUT2D eigenvalue weighted by Crippen LogP contribution is -2.25. The SMILES string of the molecule is CNC(=O)C(CCC=O)c1coc2ccc3ccoc3c12. The second-order valence-corrected chi connectivity index (χ2v) is 4.88. The third kappa shape index (κ3) is 2.20. The van der Waals surface area contributed by atoms with E-state index >= 15 is 0 Å². The molecule has 2 heterocycles. The van der Waals surface area contributed by atoms with Crippen molar-refractivity contribution in [2.45, 2.75) is 18.8 Å². The summed E-state index contributed by atoms with van der Waals surface area (Å²) >= 11 is 0. The molecule has 1 amide bonds. The highest BCUT2D eigenvalue weighted by Gasteiger charge is 2.25. The molecule has 0 aliphatic rings. The summed E-state index contributed by atoms with van der Waals surface area (Å²) in [7, 11) is 1.58. The molecule has 5 nitrogen and oxygen atoms in total. The maximum Gasteiger partial charge on any atom is 0.227 e. The summed E-state index contributed by atoms with van der Waals surface area (Å²) in [4.78, 5) is 22.8. The number of likely N-dealkylation sites (N-methyl/N-ethyl adjacent to an activating group) is 1. The van der Waals surface area contributed by atoms with Crippen LogP contribution in [0.2, 0.25) is 0 Å². The summed E-state index contributed by atoms with van der Waals surface area (Å²) in [6.07, 6.45) is 4.77. The molecule has 1 N–H and O–H groups in total. The maximum atomic E-state index is 12.1. The van der Waals surface area contributed by atoms with Crippen molar-refractivity contribution in [3.63, 3.8) is 0 Å². The van der Waals surface area contributed by atoms with Gasteiger partial charge in [0.05, 0.1) is 23.8 Å². The third-order valence-electron chi connectivity index (χ3n) is 3.70. The van der Waals surface area contributed by atoms with Gasteiger partial charge in [0.2, 0.25) is 5.91 Å². The average Bonchev–Trinajstić information content (AvgIpc) is 3.12. The molecule has 0 fully saturated rings. The highest BCUT2D eigenvalue weighted by atomic mass is 16.3. The lowest BCUT2D eigenvalue weighted by atomic mass is 9.92. The summed E-state index contributed by atoms with van der Waals surface area (Å²) in [6, 6.07) is 5.64. The molecule has 0 aliphatic carbocycles. The molecule has 0 saturated heterocycles. The van der Waals surface area contributed by atoms with Crippen LogP contribution in [0.3, 0.4) is 0 Å². The maximum absolute atomic E-state index is 12.1. The Morgan fingerprint density at radius 1 is 1.33 bits per heavy atom. The van der Waals surface area contributed by atoms with E-state index in [2.05, 4.69) is 5.32 Å². The van der Waals surface area contributed by atoms with Crippen LogP contribution in [-0.2, 0) is 9.59 Å². The Kier molecular flexibility index (Phi) is 3.48. The number of amides is 1. The third-order valence-corrected chi connectivity index (χ3v) is 3.70. The Hall–Kier alpha value is -2.56. The molecular formula is C16H15NO4. The van der Waals surface area contributed by atoms with Gasteiger partial charge in [-0.25, -0.2) is 0 Å². The number of rotatable bonds is 5. The van der Waals surface area contributed by atoms with E-state index in [4.69, 9.17) is 8.83 Å². The number of furan rings is 2. The number of aldehydes is 1. The van der Waals surface area contributed by atoms with E-state index in [1.807, 2.05) is 18.2 Å². The van der Waals surface area contributed by atoms with Crippen molar-refractivity contribution in [1.29, 1.82) is 0 Å². The fourth-order valence-electron chi connectivity index (χ4n) is 2.66. The summed E-state index contributed by atoms with van der Waals surface area (Å²) in [6.45, 7) is 0. The van der Waals surface area contributed by atoms with E-state index in [1.54, 1.807) is 19.6 Å². The minimum absolute atomic E-state index is 0.136. The van der Waals surface area contributed by atoms with Gasteiger partial charge < -0.3 is 18.9 Å². The lowest BCUT2D eigenvalue weighted by molar-refractivity contribution is -0.122. The first-order chi connectivity index (χ1) is 10.3. The van der Waals surface area contributed by atoms with Crippen LogP contribution >= 0.6 is 0 Å². The molecule has 0 bridgehead atoms. The van der Waals surface area contributed by atoms with Crippen LogP contribution in [0.1, 0.15) is 24.3 Å². The van der Waals surface area contributed by atoms with E-state index < -0.39 is 5.92 Å². The Labute approximate surface area is 120 Å². The normalized spacial score (nSPS) is 12.6. The summed E-state index contributed by atoms with van der Waals surface area (Å²) < 4.78 is 11.1.